The van der Waals surface area contributed by atoms with E-state index in [4.69, 9.17) is 4.55 Å². The minimum Gasteiger partial charge on any atom is -0.282 e. The first-order valence-corrected chi connectivity index (χ1v) is 6.47. The summed E-state index contributed by atoms with van der Waals surface area (Å²) in [5.41, 5.74) is -0.451. The minimum absolute atomic E-state index is 0.171. The molecule has 2 N–H and O–H groups in total. The predicted molar refractivity (Wildman–Crippen MR) is 59.1 cm³/mol. The van der Waals surface area contributed by atoms with Gasteiger partial charge in [0, 0.05) is 6.07 Å². The number of amides is 2. The van der Waals surface area contributed by atoms with Crippen LogP contribution >= 0.6 is 0 Å². The summed E-state index contributed by atoms with van der Waals surface area (Å²) in [6.45, 7) is 0. The highest BCUT2D eigenvalue weighted by atomic mass is 32.2. The Bertz CT molecular complexity index is 620. The Morgan fingerprint density at radius 2 is 1.56 bits per heavy atom. The standard InChI is InChI=1S/C10H9NO6S/c12-9-5-6-10(13)11(9,14)7-3-1-2-4-8(7)18(15,16)17/h1-4,14H,5-6H2/p+1. The Hall–Kier alpha value is -1.61. The zero-order valence-corrected chi connectivity index (χ0v) is 9.92. The third-order valence-corrected chi connectivity index (χ3v) is 3.67. The first-order chi connectivity index (χ1) is 8.28. The summed E-state index contributed by atoms with van der Waals surface area (Å²) in [4.78, 5) is 22.6. The monoisotopic (exact) mass is 272 g/mol. The van der Waals surface area contributed by atoms with E-state index in [0.29, 0.717) is 0 Å². The van der Waals surface area contributed by atoms with Gasteiger partial charge < -0.3 is 0 Å². The molecule has 0 radical (unpaired) electrons. The molecule has 0 spiro atoms. The van der Waals surface area contributed by atoms with E-state index in [2.05, 4.69) is 0 Å². The highest BCUT2D eigenvalue weighted by Gasteiger charge is 2.54. The number of hydroxylamine groups is 2. The SMILES string of the molecule is O=C1CCC(=O)[N+]1(O)c1ccccc1S(=O)(=O)O. The van der Waals surface area contributed by atoms with Gasteiger partial charge in [-0.15, -0.1) is 0 Å². The molecule has 1 aromatic rings. The lowest BCUT2D eigenvalue weighted by Gasteiger charge is -2.20. The Labute approximate surface area is 103 Å². The average molecular weight is 272 g/mol. The molecule has 0 atom stereocenters. The van der Waals surface area contributed by atoms with E-state index in [1.165, 1.54) is 12.1 Å². The second kappa shape index (κ2) is 3.95. The molecule has 0 unspecified atom stereocenters. The summed E-state index contributed by atoms with van der Waals surface area (Å²) in [7, 11) is -4.64. The van der Waals surface area contributed by atoms with Crippen molar-refractivity contribution in [2.45, 2.75) is 17.7 Å². The zero-order chi connectivity index (χ0) is 13.6. The van der Waals surface area contributed by atoms with Crippen LogP contribution in [0.25, 0.3) is 0 Å². The first-order valence-electron chi connectivity index (χ1n) is 5.03. The third-order valence-electron chi connectivity index (χ3n) is 2.77. The molecule has 1 saturated heterocycles. The molecule has 2 rings (SSSR count). The molecule has 0 aromatic heterocycles. The van der Waals surface area contributed by atoms with Crippen LogP contribution in [-0.4, -0.2) is 30.0 Å². The van der Waals surface area contributed by atoms with Crippen LogP contribution in [0.3, 0.4) is 0 Å². The highest BCUT2D eigenvalue weighted by Crippen LogP contribution is 2.34. The number of benzene rings is 1. The van der Waals surface area contributed by atoms with Crippen LogP contribution in [0.5, 0.6) is 0 Å². The fraction of sp³-hybridized carbons (Fsp3) is 0.200. The molecular weight excluding hydrogens is 262 g/mol. The zero-order valence-electron chi connectivity index (χ0n) is 9.11. The molecule has 8 heteroatoms. The van der Waals surface area contributed by atoms with Crippen LogP contribution in [0.1, 0.15) is 12.8 Å². The summed E-state index contributed by atoms with van der Waals surface area (Å²) in [5, 5.41) is 10.1. The molecule has 0 bridgehead atoms. The second-order valence-electron chi connectivity index (χ2n) is 3.87. The van der Waals surface area contributed by atoms with Crippen molar-refractivity contribution in [3.8, 4) is 0 Å². The normalized spacial score (nSPS) is 19.2. The van der Waals surface area contributed by atoms with Gasteiger partial charge in [-0.25, -0.2) is 9.59 Å². The first kappa shape index (κ1) is 12.8. The summed E-state index contributed by atoms with van der Waals surface area (Å²) >= 11 is 0. The van der Waals surface area contributed by atoms with Crippen molar-refractivity contribution < 1.29 is 27.8 Å². The van der Waals surface area contributed by atoms with Gasteiger partial charge in [-0.2, -0.15) is 13.6 Å². The maximum absolute atomic E-state index is 11.6. The van der Waals surface area contributed by atoms with Crippen molar-refractivity contribution in [2.75, 3.05) is 0 Å². The Morgan fingerprint density at radius 3 is 2.06 bits per heavy atom. The molecule has 1 aromatic carbocycles. The summed E-state index contributed by atoms with van der Waals surface area (Å²) in [6.07, 6.45) is -0.343. The van der Waals surface area contributed by atoms with Gasteiger partial charge in [0.05, 0.1) is 12.8 Å². The second-order valence-corrected chi connectivity index (χ2v) is 5.26. The van der Waals surface area contributed by atoms with E-state index in [1.807, 2.05) is 0 Å². The quantitative estimate of drug-likeness (QED) is 0.351. The number of imide groups is 1. The van der Waals surface area contributed by atoms with E-state index in [-0.39, 0.29) is 12.8 Å². The smallest absolute Gasteiger partial charge is 0.282 e. The van der Waals surface area contributed by atoms with Crippen LogP contribution in [0.2, 0.25) is 0 Å². The van der Waals surface area contributed by atoms with Gasteiger partial charge in [0.15, 0.2) is 4.90 Å². The van der Waals surface area contributed by atoms with E-state index in [9.17, 15) is 23.2 Å². The third kappa shape index (κ3) is 1.75. The molecule has 1 aliphatic rings. The highest BCUT2D eigenvalue weighted by molar-refractivity contribution is 7.86. The number of hydrogen-bond acceptors (Lipinski definition) is 5. The van der Waals surface area contributed by atoms with E-state index in [1.54, 1.807) is 0 Å². The molecule has 0 saturated carbocycles. The van der Waals surface area contributed by atoms with Crippen molar-refractivity contribution in [3.63, 3.8) is 0 Å². The number of quaternary nitrogens is 1. The number of hydrogen-bond donors (Lipinski definition) is 2. The van der Waals surface area contributed by atoms with Gasteiger partial charge in [-0.1, -0.05) is 12.1 Å². The van der Waals surface area contributed by atoms with E-state index >= 15 is 0 Å². The number of nitrogens with zero attached hydrogens (tertiary/aromatic N) is 1. The van der Waals surface area contributed by atoms with Crippen molar-refractivity contribution in [2.24, 2.45) is 0 Å². The van der Waals surface area contributed by atoms with Crippen molar-refractivity contribution >= 4 is 27.6 Å². The number of para-hydroxylation sites is 1. The lowest BCUT2D eigenvalue weighted by molar-refractivity contribution is -0.168. The molecule has 1 fully saturated rings. The molecule has 1 heterocycles. The van der Waals surface area contributed by atoms with Crippen molar-refractivity contribution in [1.82, 2.24) is 4.65 Å². The lowest BCUT2D eigenvalue weighted by atomic mass is 10.3. The molecular formula is C10H10NO6S+. The lowest BCUT2D eigenvalue weighted by Crippen LogP contribution is -2.51. The fourth-order valence-electron chi connectivity index (χ4n) is 1.89. The fourth-order valence-corrected chi connectivity index (χ4v) is 2.60. The van der Waals surface area contributed by atoms with Crippen LogP contribution in [-0.2, 0) is 19.7 Å². The molecule has 1 aliphatic heterocycles. The van der Waals surface area contributed by atoms with Crippen molar-refractivity contribution in [1.29, 1.82) is 0 Å². The van der Waals surface area contributed by atoms with Crippen LogP contribution in [0.4, 0.5) is 5.69 Å². The van der Waals surface area contributed by atoms with Gasteiger partial charge in [0.25, 0.3) is 0 Å². The topological polar surface area (TPSA) is 109 Å². The maximum Gasteiger partial charge on any atom is 0.359 e. The number of carbonyl (C=O) groups excluding carboxylic acids is 2. The molecule has 18 heavy (non-hydrogen) atoms. The maximum atomic E-state index is 11.6. The van der Waals surface area contributed by atoms with Gasteiger partial charge >= 0.3 is 21.9 Å². The molecule has 2 amide bonds. The summed E-state index contributed by atoms with van der Waals surface area (Å²) < 4.78 is 29.7. The Morgan fingerprint density at radius 1 is 1.06 bits per heavy atom. The molecule has 7 nitrogen and oxygen atoms in total. The molecule has 96 valence electrons. The van der Waals surface area contributed by atoms with E-state index < -0.39 is 37.2 Å². The van der Waals surface area contributed by atoms with Gasteiger partial charge in [-0.3, -0.25) is 4.55 Å². The predicted octanol–water partition coefficient (Wildman–Crippen LogP) is 0.477. The van der Waals surface area contributed by atoms with Crippen LogP contribution < -0.4 is 4.65 Å². The van der Waals surface area contributed by atoms with Gasteiger partial charge in [-0.05, 0) is 10.7 Å². The largest absolute Gasteiger partial charge is 0.359 e. The van der Waals surface area contributed by atoms with Crippen molar-refractivity contribution in [3.05, 3.63) is 24.3 Å². The summed E-state index contributed by atoms with van der Waals surface area (Å²) in [6, 6.07) is 4.80. The van der Waals surface area contributed by atoms with Crippen LogP contribution in [0.15, 0.2) is 29.2 Å². The number of rotatable bonds is 2. The Balaban J connectivity index is 2.73. The Kier molecular flexibility index (Phi) is 2.82. The minimum atomic E-state index is -4.64. The average Bonchev–Trinajstić information content (AvgIpc) is 2.57. The summed E-state index contributed by atoms with van der Waals surface area (Å²) in [5.74, 6) is -1.65. The van der Waals surface area contributed by atoms with E-state index in [0.717, 1.165) is 12.1 Å². The molecule has 0 aliphatic carbocycles. The van der Waals surface area contributed by atoms with Crippen LogP contribution in [0, 0.1) is 0 Å². The van der Waals surface area contributed by atoms with Gasteiger partial charge in [0.2, 0.25) is 5.69 Å². The van der Waals surface area contributed by atoms with Gasteiger partial charge in [0.1, 0.15) is 0 Å². The number of carbonyl (C=O) groups is 2.